The van der Waals surface area contributed by atoms with Crippen LogP contribution in [0.2, 0.25) is 0 Å². The van der Waals surface area contributed by atoms with Crippen molar-refractivity contribution in [2.45, 2.75) is 51.7 Å². The molecule has 11 heteroatoms. The number of fused-ring (bicyclic) bond motifs is 2. The number of rotatable bonds is 5. The quantitative estimate of drug-likeness (QED) is 0.406. The number of carbonyl (C=O) groups excluding carboxylic acids is 4. The second-order valence-corrected chi connectivity index (χ2v) is 9.88. The highest BCUT2D eigenvalue weighted by atomic mass is 16.5. The first-order chi connectivity index (χ1) is 17.1. The summed E-state index contributed by atoms with van der Waals surface area (Å²) in [6.45, 7) is 6.61. The predicted molar refractivity (Wildman–Crippen MR) is 127 cm³/mol. The summed E-state index contributed by atoms with van der Waals surface area (Å²) in [6, 6.07) is 7.58. The van der Waals surface area contributed by atoms with E-state index < -0.39 is 17.9 Å². The number of amides is 3. The van der Waals surface area contributed by atoms with Gasteiger partial charge in [0.1, 0.15) is 23.2 Å². The van der Waals surface area contributed by atoms with Gasteiger partial charge in [0, 0.05) is 36.3 Å². The maximum absolute atomic E-state index is 13.2. The van der Waals surface area contributed by atoms with Gasteiger partial charge in [-0.25, -0.2) is 9.50 Å². The lowest BCUT2D eigenvalue weighted by Gasteiger charge is -2.32. The van der Waals surface area contributed by atoms with Crippen molar-refractivity contribution in [3.05, 3.63) is 59.0 Å². The van der Waals surface area contributed by atoms with Gasteiger partial charge >= 0.3 is 5.97 Å². The average Bonchev–Trinajstić information content (AvgIpc) is 3.53. The molecule has 1 fully saturated rings. The van der Waals surface area contributed by atoms with Crippen LogP contribution in [0.3, 0.4) is 0 Å². The van der Waals surface area contributed by atoms with Gasteiger partial charge in [0.15, 0.2) is 5.65 Å². The second-order valence-electron chi connectivity index (χ2n) is 9.88. The molecule has 0 unspecified atom stereocenters. The lowest BCUT2D eigenvalue weighted by molar-refractivity contribution is -0.133. The van der Waals surface area contributed by atoms with Crippen LogP contribution in [-0.4, -0.2) is 61.3 Å². The molecule has 2 N–H and O–H groups in total. The third kappa shape index (κ3) is 4.39. The molecule has 0 radical (unpaired) electrons. The molecule has 4 heterocycles. The van der Waals surface area contributed by atoms with Crippen LogP contribution in [0.1, 0.15) is 59.3 Å². The topological polar surface area (TPSA) is 135 Å². The Balaban J connectivity index is 1.32. The van der Waals surface area contributed by atoms with Gasteiger partial charge in [0.2, 0.25) is 5.91 Å². The fourth-order valence-electron chi connectivity index (χ4n) is 4.47. The van der Waals surface area contributed by atoms with Crippen molar-refractivity contribution >= 4 is 29.3 Å². The summed E-state index contributed by atoms with van der Waals surface area (Å²) < 4.78 is 6.43. The van der Waals surface area contributed by atoms with Crippen molar-refractivity contribution in [2.75, 3.05) is 6.54 Å². The van der Waals surface area contributed by atoms with Gasteiger partial charge < -0.3 is 20.3 Å². The number of ether oxygens (including phenoxy) is 1. The second kappa shape index (κ2) is 8.74. The van der Waals surface area contributed by atoms with E-state index in [4.69, 9.17) is 4.74 Å². The summed E-state index contributed by atoms with van der Waals surface area (Å²) in [5, 5.41) is 9.73. The van der Waals surface area contributed by atoms with E-state index in [-0.39, 0.29) is 41.8 Å². The Bertz CT molecular complexity index is 1410. The molecule has 1 saturated heterocycles. The van der Waals surface area contributed by atoms with E-state index >= 15 is 0 Å². The lowest BCUT2D eigenvalue weighted by atomic mass is 10.1. The number of benzene rings is 1. The van der Waals surface area contributed by atoms with E-state index in [1.807, 2.05) is 26.8 Å². The number of nitrogens with one attached hydrogen (secondary N) is 2. The minimum Gasteiger partial charge on any atom is -0.426 e. The summed E-state index contributed by atoms with van der Waals surface area (Å²) in [5.74, 6) is -0.902. The van der Waals surface area contributed by atoms with Gasteiger partial charge in [-0.05, 0) is 44.9 Å². The Morgan fingerprint density at radius 3 is 2.69 bits per heavy atom. The van der Waals surface area contributed by atoms with Crippen LogP contribution in [0.5, 0.6) is 5.75 Å². The van der Waals surface area contributed by atoms with Gasteiger partial charge in [-0.15, -0.1) is 0 Å². The molecule has 2 aliphatic rings. The Kier molecular flexibility index (Phi) is 5.70. The van der Waals surface area contributed by atoms with Crippen molar-refractivity contribution < 1.29 is 23.9 Å². The summed E-state index contributed by atoms with van der Waals surface area (Å²) in [4.78, 5) is 56.4. The summed E-state index contributed by atoms with van der Waals surface area (Å²) in [6.07, 6.45) is 2.18. The number of carbonyl (C=O) groups is 4. The van der Waals surface area contributed by atoms with Crippen LogP contribution >= 0.6 is 0 Å². The van der Waals surface area contributed by atoms with Gasteiger partial charge in [-0.1, -0.05) is 6.07 Å². The zero-order chi connectivity index (χ0) is 25.6. The van der Waals surface area contributed by atoms with Gasteiger partial charge in [-0.2, -0.15) is 5.10 Å². The highest BCUT2D eigenvalue weighted by Gasteiger charge is 2.38. The van der Waals surface area contributed by atoms with E-state index in [0.717, 1.165) is 11.1 Å². The van der Waals surface area contributed by atoms with E-state index in [2.05, 4.69) is 20.7 Å². The molecular formula is C25H26N6O5. The maximum atomic E-state index is 13.2. The van der Waals surface area contributed by atoms with Crippen molar-refractivity contribution in [1.82, 2.24) is 30.1 Å². The smallest absolute Gasteiger partial charge is 0.315 e. The molecule has 0 spiro atoms. The van der Waals surface area contributed by atoms with Gasteiger partial charge in [-0.3, -0.25) is 19.2 Å². The minimum atomic E-state index is -0.650. The van der Waals surface area contributed by atoms with E-state index in [1.165, 1.54) is 16.8 Å². The molecule has 5 rings (SSSR count). The van der Waals surface area contributed by atoms with Crippen LogP contribution in [-0.2, 0) is 22.6 Å². The molecule has 186 valence electrons. The first kappa shape index (κ1) is 23.5. The highest BCUT2D eigenvalue weighted by Crippen LogP contribution is 2.26. The van der Waals surface area contributed by atoms with Gasteiger partial charge in [0.25, 0.3) is 11.8 Å². The highest BCUT2D eigenvalue weighted by molar-refractivity contribution is 6.00. The summed E-state index contributed by atoms with van der Waals surface area (Å²) in [7, 11) is 0. The van der Waals surface area contributed by atoms with Crippen molar-refractivity contribution in [3.8, 4) is 5.75 Å². The molecule has 36 heavy (non-hydrogen) atoms. The number of nitrogens with zero attached hydrogens (tertiary/aromatic N) is 4. The molecule has 1 atom stereocenters. The standard InChI is InChI=1S/C25H26N6O5/c1-25(2,3)30-9-7-16(24(30)35)29-23(34)18-12-17(28-20-6-8-27-31(18)20)22(33)26-13-14-4-5-19-15(10-14)11-21(32)36-19/h4-6,8,10,12,16H,7,9,11,13H2,1-3H3,(H,26,33)(H,29,34)/t16-/m0/s1. The molecule has 0 saturated carbocycles. The van der Waals surface area contributed by atoms with Crippen LogP contribution in [0.25, 0.3) is 5.65 Å². The van der Waals surface area contributed by atoms with Crippen LogP contribution in [0, 0.1) is 0 Å². The Morgan fingerprint density at radius 1 is 1.14 bits per heavy atom. The monoisotopic (exact) mass is 490 g/mol. The molecule has 3 amide bonds. The Labute approximate surface area is 206 Å². The number of esters is 1. The molecule has 2 aliphatic heterocycles. The van der Waals surface area contributed by atoms with Crippen molar-refractivity contribution in [2.24, 2.45) is 0 Å². The molecule has 0 aliphatic carbocycles. The van der Waals surface area contributed by atoms with E-state index in [0.29, 0.717) is 24.4 Å². The number of hydrogen-bond acceptors (Lipinski definition) is 7. The summed E-state index contributed by atoms with van der Waals surface area (Å²) in [5.41, 5.74) is 1.71. The zero-order valence-corrected chi connectivity index (χ0v) is 20.2. The largest absolute Gasteiger partial charge is 0.426 e. The molecule has 2 aromatic heterocycles. The van der Waals surface area contributed by atoms with Crippen molar-refractivity contribution in [3.63, 3.8) is 0 Å². The van der Waals surface area contributed by atoms with E-state index in [9.17, 15) is 19.2 Å². The Hall–Kier alpha value is -4.28. The fraction of sp³-hybridized carbons (Fsp3) is 0.360. The van der Waals surface area contributed by atoms with Crippen molar-refractivity contribution in [1.29, 1.82) is 0 Å². The number of likely N-dealkylation sites (tertiary alicyclic amines) is 1. The molecule has 0 bridgehead atoms. The minimum absolute atomic E-state index is 0.0434. The third-order valence-corrected chi connectivity index (χ3v) is 6.28. The van der Waals surface area contributed by atoms with Crippen LogP contribution in [0.4, 0.5) is 0 Å². The molecule has 3 aromatic rings. The Morgan fingerprint density at radius 2 is 1.94 bits per heavy atom. The molecular weight excluding hydrogens is 464 g/mol. The lowest BCUT2D eigenvalue weighted by Crippen LogP contribution is -2.48. The van der Waals surface area contributed by atoms with Crippen LogP contribution < -0.4 is 15.4 Å². The van der Waals surface area contributed by atoms with Crippen LogP contribution in [0.15, 0.2) is 36.5 Å². The average molecular weight is 491 g/mol. The first-order valence-corrected chi connectivity index (χ1v) is 11.7. The fourth-order valence-corrected chi connectivity index (χ4v) is 4.47. The normalized spacial score (nSPS) is 17.3. The number of aromatic nitrogens is 3. The maximum Gasteiger partial charge on any atom is 0.315 e. The predicted octanol–water partition coefficient (Wildman–Crippen LogP) is 1.25. The first-order valence-electron chi connectivity index (χ1n) is 11.7. The third-order valence-electron chi connectivity index (χ3n) is 6.28. The number of hydrogen-bond donors (Lipinski definition) is 2. The summed E-state index contributed by atoms with van der Waals surface area (Å²) >= 11 is 0. The molecule has 11 nitrogen and oxygen atoms in total. The van der Waals surface area contributed by atoms with Gasteiger partial charge in [0.05, 0.1) is 12.6 Å². The SMILES string of the molecule is CC(C)(C)N1CC[C@H](NC(=O)c2cc(C(=O)NCc3ccc4c(c3)CC(=O)O4)nc3ccnn23)C1=O. The zero-order valence-electron chi connectivity index (χ0n) is 20.2. The molecule has 1 aromatic carbocycles. The van der Waals surface area contributed by atoms with E-state index in [1.54, 1.807) is 23.1 Å².